The number of para-hydroxylation sites is 1. The summed E-state index contributed by atoms with van der Waals surface area (Å²) in [6.45, 7) is 1.94. The molecule has 0 atom stereocenters. The van der Waals surface area contributed by atoms with Gasteiger partial charge in [0.15, 0.2) is 0 Å². The van der Waals surface area contributed by atoms with Crippen molar-refractivity contribution in [2.75, 3.05) is 4.72 Å². The van der Waals surface area contributed by atoms with E-state index in [4.69, 9.17) is 0 Å². The van der Waals surface area contributed by atoms with Gasteiger partial charge in [0.2, 0.25) is 0 Å². The van der Waals surface area contributed by atoms with Gasteiger partial charge in [-0.25, -0.2) is 12.8 Å². The van der Waals surface area contributed by atoms with E-state index in [0.29, 0.717) is 0 Å². The van der Waals surface area contributed by atoms with Crippen LogP contribution in [0.5, 0.6) is 0 Å². The first-order valence-corrected chi connectivity index (χ1v) is 7.37. The Morgan fingerprint density at radius 2 is 1.84 bits per heavy atom. The Kier molecular flexibility index (Phi) is 3.85. The van der Waals surface area contributed by atoms with Gasteiger partial charge in [-0.15, -0.1) is 0 Å². The highest BCUT2D eigenvalue weighted by Gasteiger charge is 2.16. The lowest BCUT2D eigenvalue weighted by molar-refractivity contribution is 0.598. The zero-order valence-corrected chi connectivity index (χ0v) is 11.2. The molecule has 19 heavy (non-hydrogen) atoms. The van der Waals surface area contributed by atoms with Crippen LogP contribution in [0.1, 0.15) is 12.5 Å². The van der Waals surface area contributed by atoms with Crippen LogP contribution >= 0.6 is 0 Å². The van der Waals surface area contributed by atoms with Gasteiger partial charge in [-0.3, -0.25) is 4.72 Å². The van der Waals surface area contributed by atoms with E-state index >= 15 is 0 Å². The van der Waals surface area contributed by atoms with E-state index in [1.807, 2.05) is 13.0 Å². The molecule has 0 bridgehead atoms. The molecule has 0 spiro atoms. The third kappa shape index (κ3) is 3.12. The molecule has 1 N–H and O–H groups in total. The lowest BCUT2D eigenvalue weighted by atomic mass is 10.2. The van der Waals surface area contributed by atoms with Crippen molar-refractivity contribution in [1.29, 1.82) is 0 Å². The highest BCUT2D eigenvalue weighted by atomic mass is 32.2. The van der Waals surface area contributed by atoms with Crippen LogP contribution in [-0.4, -0.2) is 8.42 Å². The van der Waals surface area contributed by atoms with Crippen LogP contribution in [0.25, 0.3) is 0 Å². The zero-order chi connectivity index (χ0) is 13.9. The Labute approximate surface area is 112 Å². The maximum Gasteiger partial charge on any atom is 0.261 e. The Bertz CT molecular complexity index is 683. The maximum absolute atomic E-state index is 13.5. The quantitative estimate of drug-likeness (QED) is 0.934. The van der Waals surface area contributed by atoms with Gasteiger partial charge in [0.05, 0.1) is 10.6 Å². The molecule has 0 saturated carbocycles. The number of aryl methyl sites for hydroxylation is 1. The molecule has 0 aliphatic rings. The van der Waals surface area contributed by atoms with E-state index in [9.17, 15) is 12.8 Å². The summed E-state index contributed by atoms with van der Waals surface area (Å²) in [7, 11) is -3.76. The van der Waals surface area contributed by atoms with Crippen molar-refractivity contribution in [2.24, 2.45) is 0 Å². The molecule has 0 fully saturated rings. The number of halogens is 1. The summed E-state index contributed by atoms with van der Waals surface area (Å²) in [5.74, 6) is -0.599. The smallest absolute Gasteiger partial charge is 0.261 e. The largest absolute Gasteiger partial charge is 0.277 e. The summed E-state index contributed by atoms with van der Waals surface area (Å²) in [6.07, 6.45) is 0.739. The summed E-state index contributed by atoms with van der Waals surface area (Å²) in [4.78, 5) is 0.134. The van der Waals surface area contributed by atoms with Gasteiger partial charge >= 0.3 is 0 Å². The predicted octanol–water partition coefficient (Wildman–Crippen LogP) is 3.19. The molecule has 0 aliphatic heterocycles. The highest BCUT2D eigenvalue weighted by Crippen LogP contribution is 2.19. The Hall–Kier alpha value is -1.88. The van der Waals surface area contributed by atoms with Crippen molar-refractivity contribution < 1.29 is 12.8 Å². The van der Waals surface area contributed by atoms with E-state index in [1.54, 1.807) is 18.2 Å². The van der Waals surface area contributed by atoms with Crippen LogP contribution in [-0.2, 0) is 16.4 Å². The summed E-state index contributed by atoms with van der Waals surface area (Å²) in [6, 6.07) is 12.3. The second-order valence-corrected chi connectivity index (χ2v) is 5.77. The summed E-state index contributed by atoms with van der Waals surface area (Å²) in [5.41, 5.74) is 0.862. The molecule has 5 heteroatoms. The summed E-state index contributed by atoms with van der Waals surface area (Å²) >= 11 is 0. The summed E-state index contributed by atoms with van der Waals surface area (Å²) < 4.78 is 40.0. The minimum atomic E-state index is -3.76. The van der Waals surface area contributed by atoms with Gasteiger partial charge in [0, 0.05) is 0 Å². The van der Waals surface area contributed by atoms with Crippen LogP contribution in [0.3, 0.4) is 0 Å². The maximum atomic E-state index is 13.5. The topological polar surface area (TPSA) is 46.2 Å². The van der Waals surface area contributed by atoms with Crippen molar-refractivity contribution in [3.63, 3.8) is 0 Å². The zero-order valence-electron chi connectivity index (χ0n) is 10.4. The average molecular weight is 279 g/mol. The first-order chi connectivity index (χ1) is 9.03. The fourth-order valence-electron chi connectivity index (χ4n) is 1.68. The predicted molar refractivity (Wildman–Crippen MR) is 73.0 cm³/mol. The first-order valence-electron chi connectivity index (χ1n) is 5.89. The van der Waals surface area contributed by atoms with Crippen molar-refractivity contribution >= 4 is 15.7 Å². The first kappa shape index (κ1) is 13.5. The normalized spacial score (nSPS) is 11.3. The van der Waals surface area contributed by atoms with E-state index in [-0.39, 0.29) is 10.6 Å². The van der Waals surface area contributed by atoms with E-state index in [0.717, 1.165) is 12.0 Å². The number of hydrogen-bond acceptors (Lipinski definition) is 2. The third-order valence-corrected chi connectivity index (χ3v) is 4.10. The van der Waals surface area contributed by atoms with Crippen LogP contribution in [0.15, 0.2) is 53.4 Å². The van der Waals surface area contributed by atoms with Gasteiger partial charge < -0.3 is 0 Å². The molecular weight excluding hydrogens is 265 g/mol. The molecule has 0 saturated heterocycles. The lowest BCUT2D eigenvalue weighted by Crippen LogP contribution is -2.14. The van der Waals surface area contributed by atoms with Crippen LogP contribution in [0.4, 0.5) is 10.1 Å². The van der Waals surface area contributed by atoms with Crippen LogP contribution in [0.2, 0.25) is 0 Å². The molecule has 0 heterocycles. The number of anilines is 1. The Morgan fingerprint density at radius 3 is 2.53 bits per heavy atom. The van der Waals surface area contributed by atoms with Crippen molar-refractivity contribution in [2.45, 2.75) is 18.2 Å². The molecule has 2 aromatic carbocycles. The summed E-state index contributed by atoms with van der Waals surface area (Å²) in [5, 5.41) is 0. The molecule has 0 amide bonds. The molecule has 100 valence electrons. The standard InChI is InChI=1S/C14H14FNO2S/c1-2-11-6-5-7-12(10-11)19(17,18)16-14-9-4-3-8-13(14)15/h3-10,16H,2H2,1H3. The van der Waals surface area contributed by atoms with Gasteiger partial charge in [-0.1, -0.05) is 31.2 Å². The Balaban J connectivity index is 2.35. The minimum Gasteiger partial charge on any atom is -0.277 e. The van der Waals surface area contributed by atoms with Gasteiger partial charge in [0.25, 0.3) is 10.0 Å². The molecule has 0 unspecified atom stereocenters. The fraction of sp³-hybridized carbons (Fsp3) is 0.143. The second-order valence-electron chi connectivity index (χ2n) is 4.09. The van der Waals surface area contributed by atoms with E-state index in [1.165, 1.54) is 24.3 Å². The van der Waals surface area contributed by atoms with E-state index < -0.39 is 15.8 Å². The minimum absolute atomic E-state index is 0.0515. The fourth-order valence-corrected chi connectivity index (χ4v) is 2.82. The number of nitrogens with one attached hydrogen (secondary N) is 1. The van der Waals surface area contributed by atoms with Crippen LogP contribution < -0.4 is 4.72 Å². The lowest BCUT2D eigenvalue weighted by Gasteiger charge is -2.09. The average Bonchev–Trinajstić information content (AvgIpc) is 2.41. The highest BCUT2D eigenvalue weighted by molar-refractivity contribution is 7.92. The van der Waals surface area contributed by atoms with Crippen molar-refractivity contribution in [3.05, 3.63) is 59.9 Å². The molecule has 2 rings (SSSR count). The molecule has 0 aliphatic carbocycles. The molecular formula is C14H14FNO2S. The molecule has 0 radical (unpaired) electrons. The number of benzene rings is 2. The van der Waals surface area contributed by atoms with Gasteiger partial charge in [-0.05, 0) is 36.2 Å². The number of sulfonamides is 1. The van der Waals surface area contributed by atoms with Crippen LogP contribution in [0, 0.1) is 5.82 Å². The van der Waals surface area contributed by atoms with Crippen molar-refractivity contribution in [1.82, 2.24) is 0 Å². The molecule has 2 aromatic rings. The van der Waals surface area contributed by atoms with E-state index in [2.05, 4.69) is 4.72 Å². The number of hydrogen-bond donors (Lipinski definition) is 1. The monoisotopic (exact) mass is 279 g/mol. The third-order valence-electron chi connectivity index (χ3n) is 2.74. The number of rotatable bonds is 4. The molecule has 3 nitrogen and oxygen atoms in total. The van der Waals surface area contributed by atoms with Gasteiger partial charge in [0.1, 0.15) is 5.82 Å². The van der Waals surface area contributed by atoms with Gasteiger partial charge in [-0.2, -0.15) is 0 Å². The SMILES string of the molecule is CCc1cccc(S(=O)(=O)Nc2ccccc2F)c1. The molecule has 0 aromatic heterocycles. The Morgan fingerprint density at radius 1 is 1.11 bits per heavy atom. The van der Waals surface area contributed by atoms with Crippen molar-refractivity contribution in [3.8, 4) is 0 Å². The second kappa shape index (κ2) is 5.40.